The summed E-state index contributed by atoms with van der Waals surface area (Å²) in [5, 5.41) is 19.8. The Morgan fingerprint density at radius 3 is 2.40 bits per heavy atom. The molecule has 0 radical (unpaired) electrons. The molecule has 2 aromatic rings. The Balaban J connectivity index is 2.34. The van der Waals surface area contributed by atoms with Gasteiger partial charge in [0.1, 0.15) is 5.75 Å². The van der Waals surface area contributed by atoms with Crippen LogP contribution in [-0.4, -0.2) is 16.0 Å². The first kappa shape index (κ1) is 13.5. The second kappa shape index (κ2) is 5.40. The van der Waals surface area contributed by atoms with Crippen molar-refractivity contribution in [3.63, 3.8) is 0 Å². The van der Waals surface area contributed by atoms with Gasteiger partial charge in [-0.15, -0.1) is 0 Å². The highest BCUT2D eigenvalue weighted by Gasteiger charge is 2.17. The molecule has 0 saturated heterocycles. The number of hydrogen-bond acceptors (Lipinski definition) is 4. The lowest BCUT2D eigenvalue weighted by molar-refractivity contribution is -0.385. The second-order valence-corrected chi connectivity index (χ2v) is 4.11. The van der Waals surface area contributed by atoms with Gasteiger partial charge in [0, 0.05) is 6.07 Å². The van der Waals surface area contributed by atoms with Crippen LogP contribution in [0.5, 0.6) is 11.5 Å². The van der Waals surface area contributed by atoms with E-state index >= 15 is 0 Å². The number of hydrogen-bond donors (Lipinski definition) is 1. The van der Waals surface area contributed by atoms with Crippen LogP contribution >= 0.6 is 0 Å². The third-order valence-corrected chi connectivity index (χ3v) is 2.71. The van der Waals surface area contributed by atoms with Crippen molar-refractivity contribution in [2.75, 3.05) is 0 Å². The molecule has 0 aliphatic carbocycles. The molecule has 0 spiro atoms. The molecule has 0 saturated carbocycles. The van der Waals surface area contributed by atoms with E-state index in [9.17, 15) is 14.9 Å². The largest absolute Gasteiger partial charge is 0.478 e. The summed E-state index contributed by atoms with van der Waals surface area (Å²) in [7, 11) is 0. The lowest BCUT2D eigenvalue weighted by Gasteiger charge is -2.09. The lowest BCUT2D eigenvalue weighted by atomic mass is 10.2. The Kier molecular flexibility index (Phi) is 3.65. The Bertz CT molecular complexity index is 664. The van der Waals surface area contributed by atoms with Gasteiger partial charge in [0.15, 0.2) is 0 Å². The van der Waals surface area contributed by atoms with Crippen molar-refractivity contribution in [2.45, 2.75) is 6.92 Å². The smallest absolute Gasteiger partial charge is 0.335 e. The van der Waals surface area contributed by atoms with Gasteiger partial charge in [-0.25, -0.2) is 4.79 Å². The van der Waals surface area contributed by atoms with Gasteiger partial charge >= 0.3 is 11.7 Å². The molecule has 0 atom stereocenters. The average molecular weight is 273 g/mol. The van der Waals surface area contributed by atoms with Gasteiger partial charge in [-0.2, -0.15) is 0 Å². The monoisotopic (exact) mass is 273 g/mol. The molecule has 2 rings (SSSR count). The van der Waals surface area contributed by atoms with E-state index in [1.165, 1.54) is 30.3 Å². The zero-order chi connectivity index (χ0) is 14.7. The molecule has 6 nitrogen and oxygen atoms in total. The summed E-state index contributed by atoms with van der Waals surface area (Å²) >= 11 is 0. The van der Waals surface area contributed by atoms with Crippen molar-refractivity contribution in [3.05, 3.63) is 63.7 Å². The van der Waals surface area contributed by atoms with Crippen molar-refractivity contribution >= 4 is 11.7 Å². The van der Waals surface area contributed by atoms with Gasteiger partial charge in [-0.1, -0.05) is 12.1 Å². The molecule has 20 heavy (non-hydrogen) atoms. The Morgan fingerprint density at radius 2 is 1.85 bits per heavy atom. The van der Waals surface area contributed by atoms with Crippen LogP contribution in [0.25, 0.3) is 0 Å². The van der Waals surface area contributed by atoms with Gasteiger partial charge in [-0.05, 0) is 36.8 Å². The number of ether oxygens (including phenoxy) is 1. The Morgan fingerprint density at radius 1 is 1.20 bits per heavy atom. The number of rotatable bonds is 4. The first-order valence-electron chi connectivity index (χ1n) is 5.74. The minimum Gasteiger partial charge on any atom is -0.478 e. The average Bonchev–Trinajstić information content (AvgIpc) is 2.41. The highest BCUT2D eigenvalue weighted by atomic mass is 16.6. The van der Waals surface area contributed by atoms with Gasteiger partial charge < -0.3 is 9.84 Å². The predicted molar refractivity (Wildman–Crippen MR) is 71.3 cm³/mol. The predicted octanol–water partition coefficient (Wildman–Crippen LogP) is 3.39. The summed E-state index contributed by atoms with van der Waals surface area (Å²) in [6.45, 7) is 1.70. The summed E-state index contributed by atoms with van der Waals surface area (Å²) in [6, 6.07) is 10.3. The van der Waals surface area contributed by atoms with E-state index in [-0.39, 0.29) is 17.0 Å². The molecule has 6 heteroatoms. The standard InChI is InChI=1S/C14H11NO5/c1-9-3-2-4-12(15(18)19)13(9)20-11-7-5-10(6-8-11)14(16)17/h2-8H,1H3,(H,16,17). The number of aromatic carboxylic acids is 1. The molecule has 0 bridgehead atoms. The van der Waals surface area contributed by atoms with Crippen LogP contribution in [-0.2, 0) is 0 Å². The third-order valence-electron chi connectivity index (χ3n) is 2.71. The molecule has 0 aliphatic heterocycles. The highest BCUT2D eigenvalue weighted by molar-refractivity contribution is 5.87. The van der Waals surface area contributed by atoms with E-state index in [2.05, 4.69) is 0 Å². The van der Waals surface area contributed by atoms with Crippen molar-refractivity contribution in [1.82, 2.24) is 0 Å². The van der Waals surface area contributed by atoms with Crippen molar-refractivity contribution in [1.29, 1.82) is 0 Å². The van der Waals surface area contributed by atoms with E-state index in [0.29, 0.717) is 11.3 Å². The minimum atomic E-state index is -1.04. The van der Waals surface area contributed by atoms with Crippen LogP contribution in [0.3, 0.4) is 0 Å². The topological polar surface area (TPSA) is 89.7 Å². The normalized spacial score (nSPS) is 10.1. The van der Waals surface area contributed by atoms with Crippen LogP contribution in [0.4, 0.5) is 5.69 Å². The number of benzene rings is 2. The maximum absolute atomic E-state index is 11.0. The van der Waals surface area contributed by atoms with Crippen LogP contribution in [0.15, 0.2) is 42.5 Å². The van der Waals surface area contributed by atoms with Crippen LogP contribution in [0.1, 0.15) is 15.9 Å². The van der Waals surface area contributed by atoms with Crippen LogP contribution < -0.4 is 4.74 Å². The molecule has 0 aliphatic rings. The minimum absolute atomic E-state index is 0.122. The summed E-state index contributed by atoms with van der Waals surface area (Å²) in [4.78, 5) is 21.2. The van der Waals surface area contributed by atoms with E-state index < -0.39 is 10.9 Å². The van der Waals surface area contributed by atoms with Crippen molar-refractivity contribution < 1.29 is 19.6 Å². The molecule has 0 fully saturated rings. The first-order chi connectivity index (χ1) is 9.49. The molecule has 0 unspecified atom stereocenters. The van der Waals surface area contributed by atoms with Crippen LogP contribution in [0.2, 0.25) is 0 Å². The number of nitro groups is 1. The fourth-order valence-corrected chi connectivity index (χ4v) is 1.70. The maximum Gasteiger partial charge on any atom is 0.335 e. The summed E-state index contributed by atoms with van der Waals surface area (Å²) in [5.41, 5.74) is 0.616. The zero-order valence-electron chi connectivity index (χ0n) is 10.6. The fraction of sp³-hybridized carbons (Fsp3) is 0.0714. The third kappa shape index (κ3) is 2.74. The number of carboxylic acid groups (broad SMARTS) is 1. The van der Waals surface area contributed by atoms with E-state index in [0.717, 1.165) is 0 Å². The second-order valence-electron chi connectivity index (χ2n) is 4.11. The Hall–Kier alpha value is -2.89. The maximum atomic E-state index is 11.0. The van der Waals surface area contributed by atoms with E-state index in [4.69, 9.17) is 9.84 Å². The lowest BCUT2D eigenvalue weighted by Crippen LogP contribution is -1.97. The first-order valence-corrected chi connectivity index (χ1v) is 5.74. The van der Waals surface area contributed by atoms with Crippen molar-refractivity contribution in [3.8, 4) is 11.5 Å². The van der Waals surface area contributed by atoms with Crippen molar-refractivity contribution in [2.24, 2.45) is 0 Å². The molecule has 102 valence electrons. The summed E-state index contributed by atoms with van der Waals surface area (Å²) in [6.07, 6.45) is 0. The highest BCUT2D eigenvalue weighted by Crippen LogP contribution is 2.34. The van der Waals surface area contributed by atoms with Gasteiger partial charge in [0.2, 0.25) is 5.75 Å². The summed E-state index contributed by atoms with van der Waals surface area (Å²) < 4.78 is 5.50. The number of nitro benzene ring substituents is 1. The number of nitrogens with zero attached hydrogens (tertiary/aromatic N) is 1. The van der Waals surface area contributed by atoms with E-state index in [1.54, 1.807) is 19.1 Å². The quantitative estimate of drug-likeness (QED) is 0.681. The zero-order valence-corrected chi connectivity index (χ0v) is 10.6. The number of carboxylic acids is 1. The van der Waals surface area contributed by atoms with Gasteiger partial charge in [0.05, 0.1) is 10.5 Å². The van der Waals surface area contributed by atoms with E-state index in [1.807, 2.05) is 0 Å². The molecule has 1 N–H and O–H groups in total. The molecule has 2 aromatic carbocycles. The van der Waals surface area contributed by atoms with Gasteiger partial charge in [0.25, 0.3) is 0 Å². The fourth-order valence-electron chi connectivity index (χ4n) is 1.70. The van der Waals surface area contributed by atoms with Gasteiger partial charge in [-0.3, -0.25) is 10.1 Å². The molecule has 0 amide bonds. The number of carbonyl (C=O) groups is 1. The molecule has 0 aromatic heterocycles. The van der Waals surface area contributed by atoms with Crippen LogP contribution in [0, 0.1) is 17.0 Å². The molecular formula is C14H11NO5. The Labute approximate surface area is 114 Å². The molecular weight excluding hydrogens is 262 g/mol. The summed E-state index contributed by atoms with van der Waals surface area (Å²) in [5.74, 6) is -0.550. The number of para-hydroxylation sites is 1. The number of aryl methyl sites for hydroxylation is 1. The SMILES string of the molecule is Cc1cccc([N+](=O)[O-])c1Oc1ccc(C(=O)O)cc1. The molecule has 0 heterocycles.